The number of amides is 1. The first-order chi connectivity index (χ1) is 11.2. The number of hydrogen-bond donors (Lipinski definition) is 2. The lowest BCUT2D eigenvalue weighted by Crippen LogP contribution is -2.23. The van der Waals surface area contributed by atoms with Crippen molar-refractivity contribution < 1.29 is 4.79 Å². The largest absolute Gasteiger partial charge is 0.301 e. The highest BCUT2D eigenvalue weighted by atomic mass is 32.2. The van der Waals surface area contributed by atoms with Gasteiger partial charge in [-0.1, -0.05) is 42.1 Å². The third kappa shape index (κ3) is 4.04. The van der Waals surface area contributed by atoms with Crippen LogP contribution in [0.25, 0.3) is 11.3 Å². The number of rotatable bonds is 5. The maximum absolute atomic E-state index is 11.8. The zero-order valence-electron chi connectivity index (χ0n) is 11.8. The molecular formula is C14H12N6O2S. The van der Waals surface area contributed by atoms with Crippen LogP contribution in [0.15, 0.2) is 59.0 Å². The number of nitrogens with zero attached hydrogens (tertiary/aromatic N) is 4. The highest BCUT2D eigenvalue weighted by Crippen LogP contribution is 2.18. The second-order valence-electron chi connectivity index (χ2n) is 4.49. The van der Waals surface area contributed by atoms with Crippen molar-refractivity contribution in [2.45, 2.75) is 5.16 Å². The molecule has 9 heteroatoms. The molecule has 8 nitrogen and oxygen atoms in total. The van der Waals surface area contributed by atoms with Crippen LogP contribution in [0.3, 0.4) is 0 Å². The van der Waals surface area contributed by atoms with E-state index in [0.29, 0.717) is 10.9 Å². The Bertz CT molecular complexity index is 847. The fourth-order valence-electron chi connectivity index (χ4n) is 1.83. The lowest BCUT2D eigenvalue weighted by atomic mass is 10.1. The predicted octanol–water partition coefficient (Wildman–Crippen LogP) is 0.891. The minimum atomic E-state index is -0.263. The first-order valence-corrected chi connectivity index (χ1v) is 7.63. The van der Waals surface area contributed by atoms with Crippen molar-refractivity contribution in [3.8, 4) is 11.3 Å². The number of carbonyl (C=O) groups excluding carboxylic acids is 1. The van der Waals surface area contributed by atoms with E-state index in [-0.39, 0.29) is 17.2 Å². The molecule has 0 aliphatic heterocycles. The standard InChI is InChI=1S/C14H12N6O2S/c21-12-6-11(10-4-2-1-3-5-10)17-14(18-12)23-7-13(22)19-20-8-15-16-9-20/h1-6,8-9H,7H2,(H,19,22)(H,17,18,21). The topological polar surface area (TPSA) is 106 Å². The summed E-state index contributed by atoms with van der Waals surface area (Å²) in [5.41, 5.74) is 3.71. The minimum Gasteiger partial charge on any atom is -0.301 e. The molecule has 0 saturated heterocycles. The molecule has 23 heavy (non-hydrogen) atoms. The van der Waals surface area contributed by atoms with Gasteiger partial charge in [-0.25, -0.2) is 9.66 Å². The third-order valence-corrected chi connectivity index (χ3v) is 3.68. The van der Waals surface area contributed by atoms with Gasteiger partial charge in [0, 0.05) is 11.6 Å². The van der Waals surface area contributed by atoms with Crippen LogP contribution in [-0.4, -0.2) is 36.5 Å². The molecular weight excluding hydrogens is 316 g/mol. The van der Waals surface area contributed by atoms with E-state index in [1.54, 1.807) is 0 Å². The molecule has 0 aliphatic rings. The van der Waals surface area contributed by atoms with Crippen LogP contribution in [0.2, 0.25) is 0 Å². The van der Waals surface area contributed by atoms with Crippen LogP contribution in [0.1, 0.15) is 0 Å². The number of carbonyl (C=O) groups is 1. The fraction of sp³-hybridized carbons (Fsp3) is 0.0714. The highest BCUT2D eigenvalue weighted by Gasteiger charge is 2.08. The lowest BCUT2D eigenvalue weighted by Gasteiger charge is -2.05. The number of H-pyrrole nitrogens is 1. The average Bonchev–Trinajstić information content (AvgIpc) is 3.06. The van der Waals surface area contributed by atoms with Gasteiger partial charge in [0.1, 0.15) is 12.7 Å². The van der Waals surface area contributed by atoms with Gasteiger partial charge in [0.05, 0.1) is 11.4 Å². The summed E-state index contributed by atoms with van der Waals surface area (Å²) >= 11 is 1.14. The van der Waals surface area contributed by atoms with Crippen molar-refractivity contribution in [3.63, 3.8) is 0 Å². The van der Waals surface area contributed by atoms with E-state index >= 15 is 0 Å². The maximum Gasteiger partial charge on any atom is 0.252 e. The third-order valence-electron chi connectivity index (χ3n) is 2.80. The van der Waals surface area contributed by atoms with Crippen LogP contribution in [0.5, 0.6) is 0 Å². The first kappa shape index (κ1) is 15.0. The molecule has 0 saturated carbocycles. The maximum atomic E-state index is 11.8. The molecule has 2 aromatic heterocycles. The summed E-state index contributed by atoms with van der Waals surface area (Å²) in [6.45, 7) is 0. The van der Waals surface area contributed by atoms with Gasteiger partial charge in [-0.2, -0.15) is 0 Å². The summed E-state index contributed by atoms with van der Waals surface area (Å²) in [4.78, 5) is 30.5. The van der Waals surface area contributed by atoms with Crippen molar-refractivity contribution in [2.24, 2.45) is 0 Å². The second kappa shape index (κ2) is 6.88. The van der Waals surface area contributed by atoms with Crippen molar-refractivity contribution in [3.05, 3.63) is 59.4 Å². The monoisotopic (exact) mass is 328 g/mol. The molecule has 0 bridgehead atoms. The Kier molecular flexibility index (Phi) is 4.48. The normalized spacial score (nSPS) is 10.4. The molecule has 2 heterocycles. The summed E-state index contributed by atoms with van der Waals surface area (Å²) in [5, 5.41) is 7.55. The quantitative estimate of drug-likeness (QED) is 0.532. The summed E-state index contributed by atoms with van der Waals surface area (Å²) in [5.74, 6) is -0.165. The van der Waals surface area contributed by atoms with Crippen molar-refractivity contribution in [2.75, 3.05) is 11.2 Å². The van der Waals surface area contributed by atoms with E-state index in [1.807, 2.05) is 30.3 Å². The van der Waals surface area contributed by atoms with Gasteiger partial charge in [-0.3, -0.25) is 15.0 Å². The second-order valence-corrected chi connectivity index (χ2v) is 5.46. The molecule has 0 radical (unpaired) electrons. The summed E-state index contributed by atoms with van der Waals surface area (Å²) in [7, 11) is 0. The van der Waals surface area contributed by atoms with Crippen LogP contribution in [-0.2, 0) is 4.79 Å². The van der Waals surface area contributed by atoms with E-state index in [2.05, 4.69) is 25.6 Å². The smallest absolute Gasteiger partial charge is 0.252 e. The van der Waals surface area contributed by atoms with Crippen molar-refractivity contribution in [1.82, 2.24) is 24.8 Å². The summed E-state index contributed by atoms with van der Waals surface area (Å²) in [6.07, 6.45) is 2.75. The molecule has 1 aromatic carbocycles. The van der Waals surface area contributed by atoms with Crippen LogP contribution in [0.4, 0.5) is 0 Å². The Labute approximate surface area is 135 Å². The van der Waals surface area contributed by atoms with E-state index in [1.165, 1.54) is 23.4 Å². The average molecular weight is 328 g/mol. The molecule has 3 rings (SSSR count). The first-order valence-electron chi connectivity index (χ1n) is 6.65. The van der Waals surface area contributed by atoms with E-state index in [4.69, 9.17) is 0 Å². The van der Waals surface area contributed by atoms with Crippen LogP contribution >= 0.6 is 11.8 Å². The Hall–Kier alpha value is -2.94. The van der Waals surface area contributed by atoms with Gasteiger partial charge in [-0.05, 0) is 0 Å². The highest BCUT2D eigenvalue weighted by molar-refractivity contribution is 7.99. The number of aromatic nitrogens is 5. The Morgan fingerprint density at radius 3 is 2.70 bits per heavy atom. The Balaban J connectivity index is 1.70. The van der Waals surface area contributed by atoms with Gasteiger partial charge in [0.15, 0.2) is 5.16 Å². The van der Waals surface area contributed by atoms with Gasteiger partial charge in [-0.15, -0.1) is 10.2 Å². The number of hydrogen-bond acceptors (Lipinski definition) is 6. The predicted molar refractivity (Wildman–Crippen MR) is 85.4 cm³/mol. The summed E-state index contributed by atoms with van der Waals surface area (Å²) in [6, 6.07) is 10.8. The molecule has 0 fully saturated rings. The Morgan fingerprint density at radius 2 is 1.96 bits per heavy atom. The van der Waals surface area contributed by atoms with Gasteiger partial charge in [0.25, 0.3) is 5.56 Å². The van der Waals surface area contributed by atoms with Gasteiger partial charge >= 0.3 is 0 Å². The van der Waals surface area contributed by atoms with Gasteiger partial charge < -0.3 is 4.98 Å². The van der Waals surface area contributed by atoms with E-state index in [9.17, 15) is 9.59 Å². The molecule has 0 aliphatic carbocycles. The number of nitrogens with one attached hydrogen (secondary N) is 2. The molecule has 0 spiro atoms. The van der Waals surface area contributed by atoms with E-state index in [0.717, 1.165) is 17.3 Å². The Morgan fingerprint density at radius 1 is 1.22 bits per heavy atom. The van der Waals surface area contributed by atoms with Crippen molar-refractivity contribution >= 4 is 17.7 Å². The molecule has 116 valence electrons. The molecule has 1 amide bonds. The number of benzene rings is 1. The zero-order valence-corrected chi connectivity index (χ0v) is 12.7. The van der Waals surface area contributed by atoms with Gasteiger partial charge in [0.2, 0.25) is 5.91 Å². The number of aromatic amines is 1. The zero-order chi connectivity index (χ0) is 16.1. The summed E-state index contributed by atoms with van der Waals surface area (Å²) < 4.78 is 1.35. The van der Waals surface area contributed by atoms with Crippen molar-refractivity contribution in [1.29, 1.82) is 0 Å². The van der Waals surface area contributed by atoms with Crippen LogP contribution in [0, 0.1) is 0 Å². The molecule has 0 atom stereocenters. The number of thioether (sulfide) groups is 1. The van der Waals surface area contributed by atoms with E-state index < -0.39 is 0 Å². The molecule has 2 N–H and O–H groups in total. The van der Waals surface area contributed by atoms with Crippen LogP contribution < -0.4 is 11.0 Å². The fourth-order valence-corrected chi connectivity index (χ4v) is 2.50. The lowest BCUT2D eigenvalue weighted by molar-refractivity contribution is -0.114. The minimum absolute atomic E-state index is 0.0966. The molecule has 3 aromatic rings. The SMILES string of the molecule is O=C(CSc1nc(-c2ccccc2)cc(=O)[nH]1)Nn1cnnc1. The molecule has 0 unspecified atom stereocenters.